The zero-order valence-electron chi connectivity index (χ0n) is 17.6. The maximum atomic E-state index is 11.9. The minimum atomic E-state index is -1.17. The lowest BCUT2D eigenvalue weighted by molar-refractivity contribution is 0.0695. The van der Waals surface area contributed by atoms with E-state index in [1.165, 1.54) is 25.0 Å². The Kier molecular flexibility index (Phi) is 6.39. The van der Waals surface area contributed by atoms with E-state index in [-0.39, 0.29) is 17.5 Å². The van der Waals surface area contributed by atoms with Gasteiger partial charge in [-0.05, 0) is 42.7 Å². The minimum absolute atomic E-state index is 0.0390. The van der Waals surface area contributed by atoms with Crippen LogP contribution in [0.3, 0.4) is 0 Å². The van der Waals surface area contributed by atoms with Gasteiger partial charge in [0.2, 0.25) is 0 Å². The molecule has 1 aliphatic heterocycles. The van der Waals surface area contributed by atoms with Gasteiger partial charge in [0.1, 0.15) is 0 Å². The number of hydrogen-bond acceptors (Lipinski definition) is 6. The van der Waals surface area contributed by atoms with Gasteiger partial charge in [-0.25, -0.2) is 19.6 Å². The molecule has 0 radical (unpaired) electrons. The number of rotatable bonds is 6. The van der Waals surface area contributed by atoms with E-state index in [0.29, 0.717) is 17.0 Å². The molecule has 1 aliphatic rings. The van der Waals surface area contributed by atoms with Crippen molar-refractivity contribution < 1.29 is 19.8 Å². The van der Waals surface area contributed by atoms with E-state index < -0.39 is 11.9 Å². The first-order valence-corrected chi connectivity index (χ1v) is 10.6. The first-order chi connectivity index (χ1) is 15.5. The van der Waals surface area contributed by atoms with Gasteiger partial charge < -0.3 is 15.1 Å². The van der Waals surface area contributed by atoms with Crippen molar-refractivity contribution in [1.29, 1.82) is 0 Å². The lowest BCUT2D eigenvalue weighted by atomic mass is 9.99. The number of aromatic nitrogens is 3. The summed E-state index contributed by atoms with van der Waals surface area (Å²) in [7, 11) is 0. The molecule has 32 heavy (non-hydrogen) atoms. The van der Waals surface area contributed by atoms with Crippen molar-refractivity contribution in [2.75, 3.05) is 18.0 Å². The van der Waals surface area contributed by atoms with Gasteiger partial charge >= 0.3 is 11.9 Å². The number of pyridine rings is 1. The minimum Gasteiger partial charge on any atom is -0.478 e. The molecule has 0 spiro atoms. The summed E-state index contributed by atoms with van der Waals surface area (Å²) in [5, 5.41) is 18.9. The van der Waals surface area contributed by atoms with Gasteiger partial charge in [0.05, 0.1) is 28.7 Å². The van der Waals surface area contributed by atoms with Crippen molar-refractivity contribution in [1.82, 2.24) is 15.0 Å². The fraction of sp³-hybridized carbons (Fsp3) is 0.292. The van der Waals surface area contributed by atoms with Gasteiger partial charge in [-0.3, -0.25) is 4.98 Å². The Bertz CT molecular complexity index is 1130. The third-order valence-corrected chi connectivity index (χ3v) is 5.65. The molecule has 8 heteroatoms. The highest BCUT2D eigenvalue weighted by Gasteiger charge is 2.21. The average Bonchev–Trinajstić information content (AvgIpc) is 3.09. The van der Waals surface area contributed by atoms with Gasteiger partial charge in [0.25, 0.3) is 0 Å². The van der Waals surface area contributed by atoms with E-state index in [4.69, 9.17) is 9.97 Å². The maximum Gasteiger partial charge on any atom is 0.336 e. The number of carboxylic acids is 2. The fourth-order valence-electron chi connectivity index (χ4n) is 3.99. The molecule has 0 saturated carbocycles. The first kappa shape index (κ1) is 21.4. The van der Waals surface area contributed by atoms with E-state index >= 15 is 0 Å². The molecule has 0 amide bonds. The molecule has 1 saturated heterocycles. The standard InChI is InChI=1S/C24H24N4O4/c29-23(30)18-6-5-17(19(13-18)24(31)32)14-20-22(28-11-3-1-2-4-12-28)26-15-21(27-20)16-7-9-25-10-8-16/h5-10,13,15H,1-4,11-12,14H2,(H,29,30)(H,31,32). The van der Waals surface area contributed by atoms with Crippen LogP contribution in [-0.4, -0.2) is 50.2 Å². The molecular weight excluding hydrogens is 408 g/mol. The van der Waals surface area contributed by atoms with Crippen LogP contribution in [0, 0.1) is 0 Å². The molecule has 2 N–H and O–H groups in total. The highest BCUT2D eigenvalue weighted by Crippen LogP contribution is 2.27. The third kappa shape index (κ3) is 4.74. The summed E-state index contributed by atoms with van der Waals surface area (Å²) in [5.74, 6) is -1.58. The Morgan fingerprint density at radius 3 is 2.31 bits per heavy atom. The maximum absolute atomic E-state index is 11.9. The van der Waals surface area contributed by atoms with Crippen molar-refractivity contribution in [3.63, 3.8) is 0 Å². The monoisotopic (exact) mass is 432 g/mol. The molecule has 0 bridgehead atoms. The van der Waals surface area contributed by atoms with Crippen LogP contribution in [-0.2, 0) is 6.42 Å². The van der Waals surface area contributed by atoms with Crippen molar-refractivity contribution in [2.45, 2.75) is 32.1 Å². The summed E-state index contributed by atoms with van der Waals surface area (Å²) in [6.45, 7) is 1.75. The Hall–Kier alpha value is -3.81. The molecule has 3 aromatic rings. The number of aromatic carboxylic acids is 2. The second-order valence-corrected chi connectivity index (χ2v) is 7.82. The Labute approximate surface area is 185 Å². The molecule has 164 valence electrons. The van der Waals surface area contributed by atoms with Crippen LogP contribution < -0.4 is 4.90 Å². The van der Waals surface area contributed by atoms with E-state index in [1.807, 2.05) is 12.1 Å². The Morgan fingerprint density at radius 1 is 0.938 bits per heavy atom. The molecular formula is C24H24N4O4. The van der Waals surface area contributed by atoms with Crippen LogP contribution in [0.25, 0.3) is 11.3 Å². The normalized spacial score (nSPS) is 14.1. The van der Waals surface area contributed by atoms with E-state index in [2.05, 4.69) is 9.88 Å². The number of hydrogen-bond donors (Lipinski definition) is 2. The van der Waals surface area contributed by atoms with Crippen LogP contribution in [0.2, 0.25) is 0 Å². The van der Waals surface area contributed by atoms with Crippen molar-refractivity contribution in [3.05, 3.63) is 71.3 Å². The number of nitrogens with zero attached hydrogens (tertiary/aromatic N) is 4. The van der Waals surface area contributed by atoms with Gasteiger partial charge in [-0.1, -0.05) is 18.9 Å². The van der Waals surface area contributed by atoms with Crippen molar-refractivity contribution in [2.24, 2.45) is 0 Å². The molecule has 2 aromatic heterocycles. The van der Waals surface area contributed by atoms with Gasteiger partial charge in [-0.15, -0.1) is 0 Å². The number of carbonyl (C=O) groups is 2. The second-order valence-electron chi connectivity index (χ2n) is 7.82. The van der Waals surface area contributed by atoms with Crippen LogP contribution in [0.1, 0.15) is 57.7 Å². The SMILES string of the molecule is O=C(O)c1ccc(Cc2nc(-c3ccncc3)cnc2N2CCCCCC2)c(C(=O)O)c1. The molecule has 0 atom stereocenters. The number of carboxylic acid groups (broad SMARTS) is 2. The molecule has 0 unspecified atom stereocenters. The van der Waals surface area contributed by atoms with Gasteiger partial charge in [0.15, 0.2) is 5.82 Å². The second kappa shape index (κ2) is 9.55. The molecule has 1 fully saturated rings. The Balaban J connectivity index is 1.78. The molecule has 3 heterocycles. The summed E-state index contributed by atoms with van der Waals surface area (Å²) in [5.41, 5.74) is 2.63. The average molecular weight is 432 g/mol. The van der Waals surface area contributed by atoms with Crippen molar-refractivity contribution >= 4 is 17.8 Å². The largest absolute Gasteiger partial charge is 0.478 e. The quantitative estimate of drug-likeness (QED) is 0.602. The van der Waals surface area contributed by atoms with E-state index in [9.17, 15) is 19.8 Å². The van der Waals surface area contributed by atoms with Crippen LogP contribution >= 0.6 is 0 Å². The summed E-state index contributed by atoms with van der Waals surface area (Å²) in [4.78, 5) is 39.0. The highest BCUT2D eigenvalue weighted by atomic mass is 16.4. The van der Waals surface area contributed by atoms with Crippen LogP contribution in [0.5, 0.6) is 0 Å². The smallest absolute Gasteiger partial charge is 0.336 e. The zero-order chi connectivity index (χ0) is 22.5. The zero-order valence-corrected chi connectivity index (χ0v) is 17.6. The number of anilines is 1. The lowest BCUT2D eigenvalue weighted by Gasteiger charge is -2.24. The Morgan fingerprint density at radius 2 is 1.66 bits per heavy atom. The fourth-order valence-corrected chi connectivity index (χ4v) is 3.99. The molecule has 4 rings (SSSR count). The topological polar surface area (TPSA) is 117 Å². The van der Waals surface area contributed by atoms with Gasteiger partial charge in [-0.2, -0.15) is 0 Å². The predicted octanol–water partition coefficient (Wildman–Crippen LogP) is 3.91. The van der Waals surface area contributed by atoms with Crippen LogP contribution in [0.4, 0.5) is 5.82 Å². The van der Waals surface area contributed by atoms with Crippen LogP contribution in [0.15, 0.2) is 48.9 Å². The summed E-state index contributed by atoms with van der Waals surface area (Å²) >= 11 is 0. The van der Waals surface area contributed by atoms with Crippen molar-refractivity contribution in [3.8, 4) is 11.3 Å². The molecule has 8 nitrogen and oxygen atoms in total. The highest BCUT2D eigenvalue weighted by molar-refractivity contribution is 5.95. The molecule has 0 aliphatic carbocycles. The first-order valence-electron chi connectivity index (χ1n) is 10.6. The predicted molar refractivity (Wildman–Crippen MR) is 119 cm³/mol. The molecule has 1 aromatic carbocycles. The van der Waals surface area contributed by atoms with E-state index in [1.54, 1.807) is 24.7 Å². The van der Waals surface area contributed by atoms with Gasteiger partial charge in [0, 0.05) is 37.5 Å². The van der Waals surface area contributed by atoms with E-state index in [0.717, 1.165) is 37.3 Å². The summed E-state index contributed by atoms with van der Waals surface area (Å²) < 4.78 is 0. The summed E-state index contributed by atoms with van der Waals surface area (Å²) in [6.07, 6.45) is 9.84. The summed E-state index contributed by atoms with van der Waals surface area (Å²) in [6, 6.07) is 7.88. The number of benzene rings is 1. The third-order valence-electron chi connectivity index (χ3n) is 5.65. The lowest BCUT2D eigenvalue weighted by Crippen LogP contribution is -2.27.